The molecule has 0 unspecified atom stereocenters. The van der Waals surface area contributed by atoms with Crippen LogP contribution in [0.25, 0.3) is 0 Å². The van der Waals surface area contributed by atoms with E-state index in [9.17, 15) is 9.59 Å². The highest BCUT2D eigenvalue weighted by Gasteiger charge is 2.24. The second-order valence-electron chi connectivity index (χ2n) is 6.73. The number of amides is 2. The van der Waals surface area contributed by atoms with Crippen molar-refractivity contribution in [3.8, 4) is 0 Å². The molecule has 3 rings (SSSR count). The van der Waals surface area contributed by atoms with Crippen molar-refractivity contribution in [2.45, 2.75) is 20.8 Å². The SMILES string of the molecule is CC(=O)Nc1ccccc1C(=O)N1CCN(c2cccc(C)c2C)CC1. The third-order valence-corrected chi connectivity index (χ3v) is 4.95. The van der Waals surface area contributed by atoms with E-state index in [1.807, 2.05) is 17.0 Å². The lowest BCUT2D eigenvalue weighted by molar-refractivity contribution is -0.114. The van der Waals surface area contributed by atoms with Gasteiger partial charge < -0.3 is 15.1 Å². The number of carbonyl (C=O) groups excluding carboxylic acids is 2. The monoisotopic (exact) mass is 351 g/mol. The summed E-state index contributed by atoms with van der Waals surface area (Å²) < 4.78 is 0. The summed E-state index contributed by atoms with van der Waals surface area (Å²) in [5.74, 6) is -0.208. The maximum Gasteiger partial charge on any atom is 0.256 e. The average Bonchev–Trinajstić information content (AvgIpc) is 2.64. The van der Waals surface area contributed by atoms with E-state index < -0.39 is 0 Å². The molecular weight excluding hydrogens is 326 g/mol. The lowest BCUT2D eigenvalue weighted by Gasteiger charge is -2.37. The fourth-order valence-corrected chi connectivity index (χ4v) is 3.37. The Hall–Kier alpha value is -2.82. The molecule has 0 aliphatic carbocycles. The molecule has 1 aliphatic rings. The van der Waals surface area contributed by atoms with E-state index >= 15 is 0 Å². The van der Waals surface area contributed by atoms with Crippen molar-refractivity contribution in [1.29, 1.82) is 0 Å². The molecule has 2 amide bonds. The predicted octanol–water partition coefficient (Wildman–Crippen LogP) is 3.22. The van der Waals surface area contributed by atoms with Crippen LogP contribution in [-0.2, 0) is 4.79 Å². The van der Waals surface area contributed by atoms with Gasteiger partial charge in [-0.15, -0.1) is 0 Å². The normalized spacial score (nSPS) is 14.3. The molecule has 1 aliphatic heterocycles. The van der Waals surface area contributed by atoms with Gasteiger partial charge in [-0.3, -0.25) is 9.59 Å². The van der Waals surface area contributed by atoms with Crippen molar-refractivity contribution in [3.63, 3.8) is 0 Å². The van der Waals surface area contributed by atoms with Gasteiger partial charge in [-0.2, -0.15) is 0 Å². The zero-order valence-electron chi connectivity index (χ0n) is 15.6. The molecule has 136 valence electrons. The lowest BCUT2D eigenvalue weighted by atomic mass is 10.1. The smallest absolute Gasteiger partial charge is 0.256 e. The number of benzene rings is 2. The molecule has 0 radical (unpaired) electrons. The number of hydrogen-bond acceptors (Lipinski definition) is 3. The van der Waals surface area contributed by atoms with E-state index in [1.54, 1.807) is 12.1 Å². The van der Waals surface area contributed by atoms with Crippen LogP contribution >= 0.6 is 0 Å². The van der Waals surface area contributed by atoms with Gasteiger partial charge in [-0.05, 0) is 43.2 Å². The molecule has 26 heavy (non-hydrogen) atoms. The molecule has 0 spiro atoms. The number of carbonyl (C=O) groups is 2. The highest BCUT2D eigenvalue weighted by Crippen LogP contribution is 2.25. The number of aryl methyl sites for hydroxylation is 1. The minimum atomic E-state index is -0.176. The summed E-state index contributed by atoms with van der Waals surface area (Å²) in [6, 6.07) is 13.5. The Morgan fingerprint density at radius 2 is 1.62 bits per heavy atom. The van der Waals surface area contributed by atoms with Crippen LogP contribution in [0.5, 0.6) is 0 Å². The number of para-hydroxylation sites is 1. The molecule has 0 aromatic heterocycles. The highest BCUT2D eigenvalue weighted by molar-refractivity contribution is 6.03. The van der Waals surface area contributed by atoms with E-state index in [4.69, 9.17) is 0 Å². The molecule has 1 saturated heterocycles. The molecule has 5 nitrogen and oxygen atoms in total. The van der Waals surface area contributed by atoms with Crippen LogP contribution in [-0.4, -0.2) is 42.9 Å². The van der Waals surface area contributed by atoms with Crippen LogP contribution in [0.3, 0.4) is 0 Å². The van der Waals surface area contributed by atoms with Gasteiger partial charge >= 0.3 is 0 Å². The molecule has 1 N–H and O–H groups in total. The van der Waals surface area contributed by atoms with Crippen molar-refractivity contribution < 1.29 is 9.59 Å². The van der Waals surface area contributed by atoms with Gasteiger partial charge in [0.2, 0.25) is 5.91 Å². The van der Waals surface area contributed by atoms with Crippen molar-refractivity contribution in [2.24, 2.45) is 0 Å². The van der Waals surface area contributed by atoms with Gasteiger partial charge in [-0.25, -0.2) is 0 Å². The van der Waals surface area contributed by atoms with Crippen LogP contribution in [0.15, 0.2) is 42.5 Å². The van der Waals surface area contributed by atoms with Gasteiger partial charge in [0.1, 0.15) is 0 Å². The molecule has 2 aromatic rings. The van der Waals surface area contributed by atoms with Gasteiger partial charge in [0, 0.05) is 38.8 Å². The molecule has 2 aromatic carbocycles. The fraction of sp³-hybridized carbons (Fsp3) is 0.333. The highest BCUT2D eigenvalue weighted by atomic mass is 16.2. The molecule has 0 saturated carbocycles. The van der Waals surface area contributed by atoms with Crippen molar-refractivity contribution in [3.05, 3.63) is 59.2 Å². The molecule has 0 bridgehead atoms. The van der Waals surface area contributed by atoms with Crippen LogP contribution < -0.4 is 10.2 Å². The standard InChI is InChI=1S/C21H25N3O2/c1-15-7-6-10-20(16(15)2)23-11-13-24(14-12-23)21(26)18-8-4-5-9-19(18)22-17(3)25/h4-10H,11-14H2,1-3H3,(H,22,25). The molecule has 1 heterocycles. The Balaban J connectivity index is 1.71. The van der Waals surface area contributed by atoms with Crippen LogP contribution in [0.1, 0.15) is 28.4 Å². The Labute approximate surface area is 154 Å². The summed E-state index contributed by atoms with van der Waals surface area (Å²) in [7, 11) is 0. The van der Waals surface area contributed by atoms with Gasteiger partial charge in [0.15, 0.2) is 0 Å². The van der Waals surface area contributed by atoms with Crippen LogP contribution in [0.4, 0.5) is 11.4 Å². The number of anilines is 2. The first-order valence-corrected chi connectivity index (χ1v) is 8.94. The quantitative estimate of drug-likeness (QED) is 0.924. The van der Waals surface area contributed by atoms with E-state index in [0.717, 1.165) is 13.1 Å². The second-order valence-corrected chi connectivity index (χ2v) is 6.73. The molecule has 5 heteroatoms. The molecule has 0 atom stereocenters. The second kappa shape index (κ2) is 7.60. The first kappa shape index (κ1) is 18.0. The number of rotatable bonds is 3. The fourth-order valence-electron chi connectivity index (χ4n) is 3.37. The van der Waals surface area contributed by atoms with E-state index in [0.29, 0.717) is 24.3 Å². The van der Waals surface area contributed by atoms with E-state index in [-0.39, 0.29) is 11.8 Å². The number of nitrogens with one attached hydrogen (secondary N) is 1. The third kappa shape index (κ3) is 3.72. The Bertz CT molecular complexity index is 824. The van der Waals surface area contributed by atoms with Crippen LogP contribution in [0, 0.1) is 13.8 Å². The first-order valence-electron chi connectivity index (χ1n) is 8.94. The summed E-state index contributed by atoms with van der Waals surface area (Å²) in [6.45, 7) is 8.66. The summed E-state index contributed by atoms with van der Waals surface area (Å²) >= 11 is 0. The Morgan fingerprint density at radius 3 is 2.31 bits per heavy atom. The minimum Gasteiger partial charge on any atom is -0.368 e. The van der Waals surface area contributed by atoms with Gasteiger partial charge in [-0.1, -0.05) is 24.3 Å². The topological polar surface area (TPSA) is 52.7 Å². The van der Waals surface area contributed by atoms with Crippen LogP contribution in [0.2, 0.25) is 0 Å². The number of hydrogen-bond donors (Lipinski definition) is 1. The molecule has 1 fully saturated rings. The van der Waals surface area contributed by atoms with Gasteiger partial charge in [0.25, 0.3) is 5.91 Å². The summed E-state index contributed by atoms with van der Waals surface area (Å²) in [6.07, 6.45) is 0. The summed E-state index contributed by atoms with van der Waals surface area (Å²) in [5.41, 5.74) is 4.94. The van der Waals surface area contributed by atoms with Crippen molar-refractivity contribution >= 4 is 23.2 Å². The zero-order valence-corrected chi connectivity index (χ0v) is 15.6. The van der Waals surface area contributed by atoms with Crippen molar-refractivity contribution in [1.82, 2.24) is 4.90 Å². The zero-order chi connectivity index (χ0) is 18.7. The first-order chi connectivity index (χ1) is 12.5. The average molecular weight is 351 g/mol. The third-order valence-electron chi connectivity index (χ3n) is 4.95. The number of piperazine rings is 1. The summed E-state index contributed by atoms with van der Waals surface area (Å²) in [5, 5.41) is 2.74. The Morgan fingerprint density at radius 1 is 0.923 bits per heavy atom. The molecular formula is C21H25N3O2. The van der Waals surface area contributed by atoms with Gasteiger partial charge in [0.05, 0.1) is 11.3 Å². The minimum absolute atomic E-state index is 0.0324. The largest absolute Gasteiger partial charge is 0.368 e. The van der Waals surface area contributed by atoms with Crippen molar-refractivity contribution in [2.75, 3.05) is 36.4 Å². The summed E-state index contributed by atoms with van der Waals surface area (Å²) in [4.78, 5) is 28.5. The number of nitrogens with zero attached hydrogens (tertiary/aromatic N) is 2. The van der Waals surface area contributed by atoms with E-state index in [2.05, 4.69) is 42.3 Å². The Kier molecular flexibility index (Phi) is 5.26. The maximum atomic E-state index is 12.9. The maximum absolute atomic E-state index is 12.9. The lowest BCUT2D eigenvalue weighted by Crippen LogP contribution is -2.49. The predicted molar refractivity (Wildman–Crippen MR) is 105 cm³/mol. The van der Waals surface area contributed by atoms with E-state index in [1.165, 1.54) is 23.7 Å².